The highest BCUT2D eigenvalue weighted by Gasteiger charge is 2.32. The van der Waals surface area contributed by atoms with Gasteiger partial charge in [0.25, 0.3) is 0 Å². The van der Waals surface area contributed by atoms with E-state index >= 15 is 0 Å². The molecule has 0 radical (unpaired) electrons. The lowest BCUT2D eigenvalue weighted by Crippen LogP contribution is -2.57. The van der Waals surface area contributed by atoms with Crippen molar-refractivity contribution >= 4 is 39.4 Å². The monoisotopic (exact) mass is 549 g/mol. The van der Waals surface area contributed by atoms with E-state index in [4.69, 9.17) is 11.1 Å². The first-order valence-electron chi connectivity index (χ1n) is 11.7. The van der Waals surface area contributed by atoms with Crippen molar-refractivity contribution in [1.29, 1.82) is 5.41 Å². The fourth-order valence-corrected chi connectivity index (χ4v) is 5.44. The van der Waals surface area contributed by atoms with Gasteiger partial charge in [0, 0.05) is 12.1 Å². The third-order valence-electron chi connectivity index (χ3n) is 5.65. The van der Waals surface area contributed by atoms with Crippen molar-refractivity contribution in [1.82, 2.24) is 15.4 Å². The predicted octanol–water partition coefficient (Wildman–Crippen LogP) is 1.00. The van der Waals surface area contributed by atoms with E-state index in [9.17, 15) is 23.1 Å². The molecule has 1 unspecified atom stereocenters. The maximum atomic E-state index is 13.0. The first-order valence-corrected chi connectivity index (χ1v) is 14.7. The van der Waals surface area contributed by atoms with Gasteiger partial charge in [-0.3, -0.25) is 15.0 Å². The summed E-state index contributed by atoms with van der Waals surface area (Å²) < 4.78 is 27.9. The average Bonchev–Trinajstić information content (AvgIpc) is 2.84. The highest BCUT2D eigenvalue weighted by molar-refractivity contribution is 7.98. The second-order valence-electron chi connectivity index (χ2n) is 8.69. The van der Waals surface area contributed by atoms with Crippen LogP contribution in [0.2, 0.25) is 0 Å². The van der Waals surface area contributed by atoms with Crippen molar-refractivity contribution in [2.75, 3.05) is 12.0 Å². The normalized spacial score (nSPS) is 13.8. The van der Waals surface area contributed by atoms with Crippen molar-refractivity contribution in [3.05, 3.63) is 70.8 Å². The zero-order valence-electron chi connectivity index (χ0n) is 21.2. The quantitative estimate of drug-likeness (QED) is 0.151. The Morgan fingerprint density at radius 1 is 1.11 bits per heavy atom. The lowest BCUT2D eigenvalue weighted by molar-refractivity contribution is -0.131. The van der Waals surface area contributed by atoms with Gasteiger partial charge in [-0.25, -0.2) is 8.42 Å². The molecule has 0 aromatic heterocycles. The van der Waals surface area contributed by atoms with E-state index in [0.29, 0.717) is 23.3 Å². The van der Waals surface area contributed by atoms with Gasteiger partial charge in [-0.15, -0.1) is 0 Å². The number of aliphatic hydroxyl groups is 1. The molecular formula is C25H35N5O5S2. The number of amidine groups is 1. The Kier molecular flexibility index (Phi) is 11.6. The molecule has 2 amide bonds. The Morgan fingerprint density at radius 3 is 2.32 bits per heavy atom. The van der Waals surface area contributed by atoms with Crippen LogP contribution < -0.4 is 21.1 Å². The van der Waals surface area contributed by atoms with E-state index in [2.05, 4.69) is 15.4 Å². The smallest absolute Gasteiger partial charge is 0.242 e. The molecule has 0 aliphatic rings. The number of nitrogens with one attached hydrogen (secondary N) is 4. The summed E-state index contributed by atoms with van der Waals surface area (Å²) in [6.07, 6.45) is 0.839. The van der Waals surface area contributed by atoms with Gasteiger partial charge in [-0.2, -0.15) is 16.5 Å². The van der Waals surface area contributed by atoms with Crippen LogP contribution in [0.4, 0.5) is 0 Å². The molecule has 10 nitrogen and oxygen atoms in total. The standard InChI is InChI=1S/C25H35N5O5S2/c1-16-6-4-5-7-20(16)15-37(34,35)30-22(17(2)31)25(33)29-21(12-13-36-3)24(32)28-14-18-8-10-19(11-9-18)23(26)27/h4-11,17,21-22,30-31H,12-15H2,1-3H3,(H3,26,27)(H,28,32)(H,29,33)/t17?,21-,22+/m0/s1. The Balaban J connectivity index is 2.08. The molecule has 0 aliphatic carbocycles. The molecule has 0 saturated carbocycles. The van der Waals surface area contributed by atoms with Crippen LogP contribution in [0.1, 0.15) is 35.6 Å². The van der Waals surface area contributed by atoms with Crippen LogP contribution >= 0.6 is 11.8 Å². The van der Waals surface area contributed by atoms with Crippen LogP contribution in [0.25, 0.3) is 0 Å². The first kappa shape index (κ1) is 30.3. The Labute approximate surface area is 222 Å². The van der Waals surface area contributed by atoms with Crippen LogP contribution in [-0.2, 0) is 31.9 Å². The zero-order chi connectivity index (χ0) is 27.6. The number of thioether (sulfide) groups is 1. The molecule has 2 aromatic carbocycles. The lowest BCUT2D eigenvalue weighted by atomic mass is 10.1. The van der Waals surface area contributed by atoms with Crippen LogP contribution in [-0.4, -0.2) is 61.4 Å². The number of rotatable bonds is 14. The third-order valence-corrected chi connectivity index (χ3v) is 7.60. The summed E-state index contributed by atoms with van der Waals surface area (Å²) in [5.41, 5.74) is 8.16. The second kappa shape index (κ2) is 14.1. The summed E-state index contributed by atoms with van der Waals surface area (Å²) in [4.78, 5) is 25.9. The largest absolute Gasteiger partial charge is 0.391 e. The molecule has 0 fully saturated rings. The van der Waals surface area contributed by atoms with Crippen LogP contribution in [0.5, 0.6) is 0 Å². The van der Waals surface area contributed by atoms with Crippen LogP contribution in [0, 0.1) is 12.3 Å². The summed E-state index contributed by atoms with van der Waals surface area (Å²) in [5, 5.41) is 23.0. The Bertz CT molecular complexity index is 1190. The van der Waals surface area contributed by atoms with Crippen LogP contribution in [0.15, 0.2) is 48.5 Å². The van der Waals surface area contributed by atoms with E-state index < -0.39 is 40.0 Å². The second-order valence-corrected chi connectivity index (χ2v) is 11.4. The van der Waals surface area contributed by atoms with Gasteiger partial charge in [0.1, 0.15) is 17.9 Å². The molecular weight excluding hydrogens is 514 g/mol. The molecule has 0 heterocycles. The van der Waals surface area contributed by atoms with Gasteiger partial charge in [0.15, 0.2) is 0 Å². The topological polar surface area (TPSA) is 174 Å². The summed E-state index contributed by atoms with van der Waals surface area (Å²) in [6.45, 7) is 3.28. The minimum absolute atomic E-state index is 0.0578. The molecule has 0 bridgehead atoms. The summed E-state index contributed by atoms with van der Waals surface area (Å²) >= 11 is 1.50. The Hall–Kier alpha value is -2.93. The van der Waals surface area contributed by atoms with Gasteiger partial charge >= 0.3 is 0 Å². The molecule has 37 heavy (non-hydrogen) atoms. The predicted molar refractivity (Wildman–Crippen MR) is 147 cm³/mol. The molecule has 2 aromatic rings. The number of aryl methyl sites for hydroxylation is 1. The number of sulfonamides is 1. The first-order chi connectivity index (χ1) is 17.4. The molecule has 12 heteroatoms. The number of benzene rings is 2. The van der Waals surface area contributed by atoms with Crippen molar-refractivity contribution in [3.8, 4) is 0 Å². The number of aliphatic hydroxyl groups excluding tert-OH is 1. The number of carbonyl (C=O) groups is 2. The molecule has 2 rings (SSSR count). The highest BCUT2D eigenvalue weighted by Crippen LogP contribution is 2.12. The highest BCUT2D eigenvalue weighted by atomic mass is 32.2. The van der Waals surface area contributed by atoms with Crippen molar-refractivity contribution in [2.24, 2.45) is 5.73 Å². The molecule has 202 valence electrons. The van der Waals surface area contributed by atoms with Gasteiger partial charge in [-0.1, -0.05) is 48.5 Å². The number of hydrogen-bond acceptors (Lipinski definition) is 7. The van der Waals surface area contributed by atoms with E-state index in [-0.39, 0.29) is 18.1 Å². The van der Waals surface area contributed by atoms with E-state index in [1.54, 1.807) is 55.5 Å². The summed E-state index contributed by atoms with van der Waals surface area (Å²) in [7, 11) is -3.97. The molecule has 3 atom stereocenters. The fourth-order valence-electron chi connectivity index (χ4n) is 3.46. The van der Waals surface area contributed by atoms with E-state index in [1.165, 1.54) is 18.7 Å². The number of hydrogen-bond donors (Lipinski definition) is 6. The molecule has 0 saturated heterocycles. The van der Waals surface area contributed by atoms with Crippen molar-refractivity contribution < 1.29 is 23.1 Å². The number of nitrogen functional groups attached to an aromatic ring is 1. The lowest BCUT2D eigenvalue weighted by Gasteiger charge is -2.24. The third kappa shape index (κ3) is 9.80. The van der Waals surface area contributed by atoms with Crippen molar-refractivity contribution in [3.63, 3.8) is 0 Å². The van der Waals surface area contributed by atoms with Gasteiger partial charge < -0.3 is 21.5 Å². The summed E-state index contributed by atoms with van der Waals surface area (Å²) in [6, 6.07) is 11.4. The zero-order valence-corrected chi connectivity index (χ0v) is 22.8. The number of carbonyl (C=O) groups excluding carboxylic acids is 2. The molecule has 7 N–H and O–H groups in total. The molecule has 0 spiro atoms. The maximum Gasteiger partial charge on any atom is 0.242 e. The number of nitrogens with two attached hydrogens (primary N) is 1. The van der Waals surface area contributed by atoms with Gasteiger partial charge in [0.05, 0.1) is 11.9 Å². The average molecular weight is 550 g/mol. The number of amides is 2. The van der Waals surface area contributed by atoms with Gasteiger partial charge in [0.2, 0.25) is 21.8 Å². The van der Waals surface area contributed by atoms with E-state index in [1.807, 2.05) is 6.26 Å². The fraction of sp³-hybridized carbons (Fsp3) is 0.400. The maximum absolute atomic E-state index is 13.0. The minimum atomic E-state index is -3.97. The molecule has 0 aliphatic heterocycles. The minimum Gasteiger partial charge on any atom is -0.391 e. The summed E-state index contributed by atoms with van der Waals surface area (Å²) in [5.74, 6) is -1.07. The Morgan fingerprint density at radius 2 is 1.76 bits per heavy atom. The van der Waals surface area contributed by atoms with Crippen LogP contribution in [0.3, 0.4) is 0 Å². The van der Waals surface area contributed by atoms with Gasteiger partial charge in [-0.05, 0) is 49.0 Å². The van der Waals surface area contributed by atoms with Crippen molar-refractivity contribution in [2.45, 2.75) is 50.8 Å². The SMILES string of the molecule is CSCC[C@H](NC(=O)[C@H](NS(=O)(=O)Cc1ccccc1C)C(C)O)C(=O)NCc1ccc(C(=N)N)cc1. The van der Waals surface area contributed by atoms with E-state index in [0.717, 1.165) is 11.1 Å².